The summed E-state index contributed by atoms with van der Waals surface area (Å²) in [6, 6.07) is 0. The van der Waals surface area contributed by atoms with E-state index in [4.69, 9.17) is 0 Å². The average molecular weight is 345 g/mol. The van der Waals surface area contributed by atoms with Crippen molar-refractivity contribution in [3.8, 4) is 0 Å². The van der Waals surface area contributed by atoms with Crippen molar-refractivity contribution in [1.82, 2.24) is 23.1 Å². The molecule has 0 aliphatic carbocycles. The summed E-state index contributed by atoms with van der Waals surface area (Å²) in [4.78, 5) is 29.4. The molecule has 0 N–H and O–H groups in total. The molecular formula is C18H27N5O2. The molecule has 3 heterocycles. The highest BCUT2D eigenvalue weighted by Crippen LogP contribution is 2.21. The van der Waals surface area contributed by atoms with Crippen molar-refractivity contribution in [2.45, 2.75) is 53.0 Å². The van der Waals surface area contributed by atoms with E-state index in [1.807, 2.05) is 17.5 Å². The predicted octanol–water partition coefficient (Wildman–Crippen LogP) is 2.21. The van der Waals surface area contributed by atoms with Gasteiger partial charge in [0.2, 0.25) is 5.78 Å². The Morgan fingerprint density at radius 3 is 2.52 bits per heavy atom. The van der Waals surface area contributed by atoms with Gasteiger partial charge in [0.25, 0.3) is 5.56 Å². The number of aryl methyl sites for hydroxylation is 2. The first-order valence-electron chi connectivity index (χ1n) is 9.04. The summed E-state index contributed by atoms with van der Waals surface area (Å²) in [6.45, 7) is 7.36. The molecule has 0 bridgehead atoms. The fourth-order valence-corrected chi connectivity index (χ4v) is 3.53. The van der Waals surface area contributed by atoms with E-state index in [2.05, 4.69) is 23.4 Å². The van der Waals surface area contributed by atoms with Crippen LogP contribution in [0.2, 0.25) is 0 Å². The Hall–Kier alpha value is -2.31. The van der Waals surface area contributed by atoms with E-state index in [0.29, 0.717) is 17.1 Å². The van der Waals surface area contributed by atoms with Gasteiger partial charge in [0.1, 0.15) is 0 Å². The molecule has 136 valence electrons. The second-order valence-electron chi connectivity index (χ2n) is 6.96. The number of aromatic nitrogens is 5. The minimum atomic E-state index is -0.351. The average Bonchev–Trinajstić information content (AvgIpc) is 3.10. The Morgan fingerprint density at radius 2 is 1.88 bits per heavy atom. The Bertz CT molecular complexity index is 1030. The van der Waals surface area contributed by atoms with Crippen molar-refractivity contribution in [1.29, 1.82) is 0 Å². The maximum Gasteiger partial charge on any atom is 0.332 e. The van der Waals surface area contributed by atoms with Crippen molar-refractivity contribution in [2.75, 3.05) is 0 Å². The summed E-state index contributed by atoms with van der Waals surface area (Å²) >= 11 is 0. The second kappa shape index (κ2) is 6.54. The Kier molecular flexibility index (Phi) is 4.58. The number of unbranched alkanes of at least 4 members (excludes halogenated alkanes) is 1. The molecule has 3 rings (SSSR count). The fraction of sp³-hybridized carbons (Fsp3) is 0.611. The van der Waals surface area contributed by atoms with E-state index in [1.54, 1.807) is 7.05 Å². The topological polar surface area (TPSA) is 66.2 Å². The first-order chi connectivity index (χ1) is 11.9. The lowest BCUT2D eigenvalue weighted by atomic mass is 9.99. The third-order valence-electron chi connectivity index (χ3n) is 5.24. The van der Waals surface area contributed by atoms with Gasteiger partial charge >= 0.3 is 5.69 Å². The van der Waals surface area contributed by atoms with Crippen LogP contribution < -0.4 is 11.2 Å². The molecule has 0 aliphatic rings. The predicted molar refractivity (Wildman–Crippen MR) is 99.2 cm³/mol. The van der Waals surface area contributed by atoms with E-state index in [-0.39, 0.29) is 11.2 Å². The first-order valence-corrected chi connectivity index (χ1v) is 9.04. The molecule has 1 atom stereocenters. The molecule has 0 fully saturated rings. The summed E-state index contributed by atoms with van der Waals surface area (Å²) < 4.78 is 6.59. The molecule has 0 unspecified atom stereocenters. The molecular weight excluding hydrogens is 318 g/mol. The molecule has 0 aliphatic heterocycles. The Balaban J connectivity index is 2.20. The third kappa shape index (κ3) is 2.71. The molecule has 7 nitrogen and oxygen atoms in total. The molecule has 0 saturated heterocycles. The molecule has 0 saturated carbocycles. The van der Waals surface area contributed by atoms with Crippen molar-refractivity contribution in [3.63, 3.8) is 0 Å². The van der Waals surface area contributed by atoms with Crippen LogP contribution in [0.1, 0.15) is 45.2 Å². The van der Waals surface area contributed by atoms with Gasteiger partial charge in [-0.05, 0) is 19.3 Å². The van der Waals surface area contributed by atoms with Crippen molar-refractivity contribution >= 4 is 16.9 Å². The number of nitrogens with zero attached hydrogens (tertiary/aromatic N) is 5. The number of hydrogen-bond acceptors (Lipinski definition) is 3. The lowest BCUT2D eigenvalue weighted by molar-refractivity contribution is 0.392. The van der Waals surface area contributed by atoms with Crippen LogP contribution in [-0.2, 0) is 20.6 Å². The van der Waals surface area contributed by atoms with E-state index in [0.717, 1.165) is 29.0 Å². The van der Waals surface area contributed by atoms with Gasteiger partial charge in [-0.1, -0.05) is 33.1 Å². The van der Waals surface area contributed by atoms with Crippen LogP contribution >= 0.6 is 0 Å². The van der Waals surface area contributed by atoms with Gasteiger partial charge in [-0.3, -0.25) is 18.3 Å². The van der Waals surface area contributed by atoms with Gasteiger partial charge in [-0.15, -0.1) is 0 Å². The van der Waals surface area contributed by atoms with Crippen LogP contribution in [0.3, 0.4) is 0 Å². The highest BCUT2D eigenvalue weighted by Gasteiger charge is 2.20. The van der Waals surface area contributed by atoms with Gasteiger partial charge in [-0.2, -0.15) is 4.98 Å². The minimum absolute atomic E-state index is 0.305. The molecule has 25 heavy (non-hydrogen) atoms. The van der Waals surface area contributed by atoms with Gasteiger partial charge < -0.3 is 4.57 Å². The number of rotatable bonds is 6. The molecule has 0 aromatic carbocycles. The zero-order valence-corrected chi connectivity index (χ0v) is 15.7. The number of imidazole rings is 2. The van der Waals surface area contributed by atoms with Crippen LogP contribution in [-0.4, -0.2) is 23.1 Å². The molecule has 3 aromatic heterocycles. The van der Waals surface area contributed by atoms with Gasteiger partial charge in [0.05, 0.1) is 0 Å². The normalized spacial score (nSPS) is 13.2. The van der Waals surface area contributed by atoms with Crippen LogP contribution in [0.4, 0.5) is 0 Å². The highest BCUT2D eigenvalue weighted by atomic mass is 16.2. The molecule has 0 spiro atoms. The fourth-order valence-electron chi connectivity index (χ4n) is 3.53. The summed E-state index contributed by atoms with van der Waals surface area (Å²) in [5.74, 6) is 1.32. The van der Waals surface area contributed by atoms with Crippen molar-refractivity contribution in [2.24, 2.45) is 20.0 Å². The smallest absolute Gasteiger partial charge is 0.314 e. The van der Waals surface area contributed by atoms with E-state index in [9.17, 15) is 9.59 Å². The van der Waals surface area contributed by atoms with Crippen LogP contribution in [0.25, 0.3) is 16.9 Å². The maximum absolute atomic E-state index is 12.6. The SMILES string of the molecule is CCCC[C@@H](CC)Cn1c(C)cn2c3c(=O)n(C)c(=O)n(C)c3nc12. The van der Waals surface area contributed by atoms with Crippen molar-refractivity contribution < 1.29 is 0 Å². The van der Waals surface area contributed by atoms with Gasteiger partial charge in [0, 0.05) is 32.5 Å². The van der Waals surface area contributed by atoms with Gasteiger partial charge in [-0.25, -0.2) is 4.79 Å². The lowest BCUT2D eigenvalue weighted by Gasteiger charge is -2.16. The van der Waals surface area contributed by atoms with Crippen LogP contribution in [0.15, 0.2) is 15.8 Å². The van der Waals surface area contributed by atoms with E-state index < -0.39 is 0 Å². The highest BCUT2D eigenvalue weighted by molar-refractivity contribution is 5.75. The maximum atomic E-state index is 12.6. The molecule has 3 aromatic rings. The summed E-state index contributed by atoms with van der Waals surface area (Å²) in [5.41, 5.74) is 1.33. The van der Waals surface area contributed by atoms with E-state index in [1.165, 1.54) is 30.9 Å². The molecule has 7 heteroatoms. The van der Waals surface area contributed by atoms with Crippen molar-refractivity contribution in [3.05, 3.63) is 32.7 Å². The molecule has 0 radical (unpaired) electrons. The summed E-state index contributed by atoms with van der Waals surface area (Å²) in [5, 5.41) is 0. The minimum Gasteiger partial charge on any atom is -0.314 e. The van der Waals surface area contributed by atoms with E-state index >= 15 is 0 Å². The number of fused-ring (bicyclic) bond motifs is 3. The largest absolute Gasteiger partial charge is 0.332 e. The van der Waals surface area contributed by atoms with Crippen LogP contribution in [0, 0.1) is 12.8 Å². The zero-order chi connectivity index (χ0) is 18.3. The second-order valence-corrected chi connectivity index (χ2v) is 6.96. The third-order valence-corrected chi connectivity index (χ3v) is 5.24. The molecule has 0 amide bonds. The first kappa shape index (κ1) is 17.5. The monoisotopic (exact) mass is 345 g/mol. The Morgan fingerprint density at radius 1 is 1.16 bits per heavy atom. The Labute approximate surface area is 146 Å². The van der Waals surface area contributed by atoms with Gasteiger partial charge in [0.15, 0.2) is 11.2 Å². The standard InChI is InChI=1S/C18H27N5O2/c1-6-8-9-13(7-2)11-22-12(3)10-23-14-15(19-17(22)23)20(4)18(25)21(5)16(14)24/h10,13H,6-9,11H2,1-5H3/t13-/m1/s1. The quantitative estimate of drug-likeness (QED) is 0.688. The zero-order valence-electron chi connectivity index (χ0n) is 15.7. The summed E-state index contributed by atoms with van der Waals surface area (Å²) in [7, 11) is 3.16. The number of hydrogen-bond donors (Lipinski definition) is 0. The lowest BCUT2D eigenvalue weighted by Crippen LogP contribution is -2.37. The summed E-state index contributed by atoms with van der Waals surface area (Å²) in [6.07, 6.45) is 6.67. The van der Waals surface area contributed by atoms with Crippen LogP contribution in [0.5, 0.6) is 0 Å².